The second kappa shape index (κ2) is 10.0. The largest absolute Gasteiger partial charge is 0.352 e. The minimum atomic E-state index is -0.164. The summed E-state index contributed by atoms with van der Waals surface area (Å²) in [4.78, 5) is 29.1. The van der Waals surface area contributed by atoms with Gasteiger partial charge in [0.25, 0.3) is 0 Å². The zero-order valence-corrected chi connectivity index (χ0v) is 18.4. The third-order valence-corrected chi connectivity index (χ3v) is 5.70. The van der Waals surface area contributed by atoms with Crippen LogP contribution in [0.1, 0.15) is 16.8 Å². The van der Waals surface area contributed by atoms with Crippen LogP contribution in [0.5, 0.6) is 0 Å². The molecule has 32 heavy (non-hydrogen) atoms. The van der Waals surface area contributed by atoms with Crippen LogP contribution in [0.25, 0.3) is 10.6 Å². The highest BCUT2D eigenvalue weighted by molar-refractivity contribution is 7.13. The smallest absolute Gasteiger partial charge is 0.246 e. The lowest BCUT2D eigenvalue weighted by Gasteiger charge is -2.09. The average molecular weight is 446 g/mol. The number of aryl methyl sites for hydroxylation is 1. The van der Waals surface area contributed by atoms with Crippen LogP contribution in [0.2, 0.25) is 0 Å². The van der Waals surface area contributed by atoms with Crippen molar-refractivity contribution in [1.82, 2.24) is 20.1 Å². The normalized spacial score (nSPS) is 10.7. The summed E-state index contributed by atoms with van der Waals surface area (Å²) in [7, 11) is 0. The molecule has 4 aromatic rings. The van der Waals surface area contributed by atoms with Crippen molar-refractivity contribution in [2.75, 3.05) is 5.32 Å². The Morgan fingerprint density at radius 2 is 1.91 bits per heavy atom. The van der Waals surface area contributed by atoms with Gasteiger partial charge in [0.05, 0.1) is 12.1 Å². The molecule has 0 spiro atoms. The highest BCUT2D eigenvalue weighted by Gasteiger charge is 2.10. The first-order valence-electron chi connectivity index (χ1n) is 10.2. The van der Waals surface area contributed by atoms with E-state index in [0.717, 1.165) is 21.8 Å². The Morgan fingerprint density at radius 3 is 2.69 bits per heavy atom. The molecule has 7 nitrogen and oxygen atoms in total. The second-order valence-electron chi connectivity index (χ2n) is 7.42. The number of carbonyl (C=O) groups is 2. The Kier molecular flexibility index (Phi) is 6.72. The molecule has 8 heteroatoms. The standard InChI is InChI=1S/C24H23N5O2S/c1-17-6-8-19(9-7-17)24-28-21(16-32-24)13-22(30)25-14-18-4-2-5-20(12-18)27-23(31)15-29-11-3-10-26-29/h2-12,16H,13-15H2,1H3,(H,25,30)(H,27,31). The number of benzene rings is 2. The van der Waals surface area contributed by atoms with Crippen molar-refractivity contribution in [3.8, 4) is 10.6 Å². The summed E-state index contributed by atoms with van der Waals surface area (Å²) >= 11 is 1.54. The lowest BCUT2D eigenvalue weighted by atomic mass is 10.2. The van der Waals surface area contributed by atoms with Gasteiger partial charge >= 0.3 is 0 Å². The lowest BCUT2D eigenvalue weighted by Crippen LogP contribution is -2.24. The minimum Gasteiger partial charge on any atom is -0.352 e. The Morgan fingerprint density at radius 1 is 1.06 bits per heavy atom. The van der Waals surface area contributed by atoms with Gasteiger partial charge in [-0.25, -0.2) is 4.98 Å². The van der Waals surface area contributed by atoms with E-state index < -0.39 is 0 Å². The number of aromatic nitrogens is 3. The van der Waals surface area contributed by atoms with Crippen LogP contribution >= 0.6 is 11.3 Å². The number of carbonyl (C=O) groups excluding carboxylic acids is 2. The minimum absolute atomic E-state index is 0.0983. The van der Waals surface area contributed by atoms with E-state index in [1.165, 1.54) is 16.9 Å². The first-order valence-corrected chi connectivity index (χ1v) is 11.1. The number of thiazole rings is 1. The van der Waals surface area contributed by atoms with Crippen molar-refractivity contribution in [2.45, 2.75) is 26.4 Å². The zero-order chi connectivity index (χ0) is 22.3. The molecule has 162 valence electrons. The Labute approximate surface area is 190 Å². The monoisotopic (exact) mass is 445 g/mol. The maximum absolute atomic E-state index is 12.4. The summed E-state index contributed by atoms with van der Waals surface area (Å²) in [5.41, 5.74) is 4.58. The molecule has 2 heterocycles. The summed E-state index contributed by atoms with van der Waals surface area (Å²) in [5.74, 6) is -0.262. The van der Waals surface area contributed by atoms with Gasteiger partial charge in [-0.05, 0) is 30.7 Å². The Balaban J connectivity index is 1.28. The fraction of sp³-hybridized carbons (Fsp3) is 0.167. The zero-order valence-electron chi connectivity index (χ0n) is 17.6. The number of anilines is 1. The van der Waals surface area contributed by atoms with Gasteiger partial charge in [-0.2, -0.15) is 5.10 Å². The number of amides is 2. The van der Waals surface area contributed by atoms with Gasteiger partial charge in [-0.1, -0.05) is 42.0 Å². The van der Waals surface area contributed by atoms with Crippen molar-refractivity contribution in [3.63, 3.8) is 0 Å². The summed E-state index contributed by atoms with van der Waals surface area (Å²) < 4.78 is 1.56. The lowest BCUT2D eigenvalue weighted by molar-refractivity contribution is -0.120. The van der Waals surface area contributed by atoms with Crippen molar-refractivity contribution in [3.05, 3.63) is 89.2 Å². The molecule has 0 fully saturated rings. The van der Waals surface area contributed by atoms with E-state index in [2.05, 4.69) is 32.8 Å². The van der Waals surface area contributed by atoms with Crippen molar-refractivity contribution in [1.29, 1.82) is 0 Å². The summed E-state index contributed by atoms with van der Waals surface area (Å²) in [6.07, 6.45) is 3.59. The summed E-state index contributed by atoms with van der Waals surface area (Å²) in [6.45, 7) is 2.56. The molecule has 0 saturated carbocycles. The van der Waals surface area contributed by atoms with Gasteiger partial charge in [0.1, 0.15) is 11.6 Å². The summed E-state index contributed by atoms with van der Waals surface area (Å²) in [5, 5.41) is 12.6. The number of nitrogens with one attached hydrogen (secondary N) is 2. The van der Waals surface area contributed by atoms with Gasteiger partial charge in [0.2, 0.25) is 11.8 Å². The van der Waals surface area contributed by atoms with Crippen LogP contribution in [-0.4, -0.2) is 26.6 Å². The molecule has 0 saturated heterocycles. The number of rotatable bonds is 8. The summed E-state index contributed by atoms with van der Waals surface area (Å²) in [6, 6.07) is 17.4. The first kappa shape index (κ1) is 21.5. The van der Waals surface area contributed by atoms with Crippen molar-refractivity contribution >= 4 is 28.8 Å². The highest BCUT2D eigenvalue weighted by Crippen LogP contribution is 2.24. The first-order chi connectivity index (χ1) is 15.5. The molecule has 0 aliphatic carbocycles. The molecule has 0 bridgehead atoms. The second-order valence-corrected chi connectivity index (χ2v) is 8.27. The number of nitrogens with zero attached hydrogens (tertiary/aromatic N) is 3. The molecular weight excluding hydrogens is 422 g/mol. The van der Waals surface area contributed by atoms with Crippen LogP contribution in [0.3, 0.4) is 0 Å². The van der Waals surface area contributed by atoms with E-state index in [9.17, 15) is 9.59 Å². The molecule has 2 aromatic heterocycles. The fourth-order valence-electron chi connectivity index (χ4n) is 3.15. The Hall–Kier alpha value is -3.78. The molecule has 2 amide bonds. The molecule has 4 rings (SSSR count). The molecule has 2 aromatic carbocycles. The Bertz CT molecular complexity index is 1200. The predicted molar refractivity (Wildman–Crippen MR) is 125 cm³/mol. The predicted octanol–water partition coefficient (Wildman–Crippen LogP) is 3.81. The van der Waals surface area contributed by atoms with Crippen molar-refractivity contribution in [2.24, 2.45) is 0 Å². The van der Waals surface area contributed by atoms with Gasteiger partial charge < -0.3 is 10.6 Å². The van der Waals surface area contributed by atoms with Gasteiger partial charge in [0.15, 0.2) is 0 Å². The molecule has 2 N–H and O–H groups in total. The van der Waals surface area contributed by atoms with Crippen LogP contribution in [0, 0.1) is 6.92 Å². The topological polar surface area (TPSA) is 88.9 Å². The van der Waals surface area contributed by atoms with Crippen LogP contribution in [0.15, 0.2) is 72.4 Å². The van der Waals surface area contributed by atoms with Gasteiger partial charge in [-0.15, -0.1) is 11.3 Å². The van der Waals surface area contributed by atoms with E-state index in [1.807, 2.05) is 48.7 Å². The molecule has 0 atom stereocenters. The van der Waals surface area contributed by atoms with Crippen LogP contribution in [-0.2, 0) is 29.1 Å². The molecule has 0 unspecified atom stereocenters. The van der Waals surface area contributed by atoms with E-state index in [0.29, 0.717) is 12.2 Å². The third-order valence-electron chi connectivity index (χ3n) is 4.76. The maximum atomic E-state index is 12.4. The molecule has 0 radical (unpaired) electrons. The average Bonchev–Trinajstić information content (AvgIpc) is 3.45. The molecule has 0 aliphatic heterocycles. The maximum Gasteiger partial charge on any atom is 0.246 e. The SMILES string of the molecule is Cc1ccc(-c2nc(CC(=O)NCc3cccc(NC(=O)Cn4cccn4)c3)cs2)cc1. The van der Waals surface area contributed by atoms with E-state index in [-0.39, 0.29) is 24.8 Å². The number of hydrogen-bond donors (Lipinski definition) is 2. The highest BCUT2D eigenvalue weighted by atomic mass is 32.1. The number of hydrogen-bond acceptors (Lipinski definition) is 5. The van der Waals surface area contributed by atoms with Gasteiger partial charge in [-0.3, -0.25) is 14.3 Å². The fourth-order valence-corrected chi connectivity index (χ4v) is 3.97. The molecule has 0 aliphatic rings. The van der Waals surface area contributed by atoms with E-state index in [1.54, 1.807) is 23.1 Å². The van der Waals surface area contributed by atoms with Crippen LogP contribution < -0.4 is 10.6 Å². The van der Waals surface area contributed by atoms with Crippen LogP contribution in [0.4, 0.5) is 5.69 Å². The quantitative estimate of drug-likeness (QED) is 0.432. The molecular formula is C24H23N5O2S. The third kappa shape index (κ3) is 5.89. The van der Waals surface area contributed by atoms with E-state index >= 15 is 0 Å². The van der Waals surface area contributed by atoms with Crippen molar-refractivity contribution < 1.29 is 9.59 Å². The van der Waals surface area contributed by atoms with E-state index in [4.69, 9.17) is 0 Å². The van der Waals surface area contributed by atoms with Gasteiger partial charge in [0, 0.05) is 35.6 Å².